The van der Waals surface area contributed by atoms with E-state index < -0.39 is 5.97 Å². The van der Waals surface area contributed by atoms with Crippen molar-refractivity contribution in [1.29, 1.82) is 0 Å². The maximum absolute atomic E-state index is 12.3. The molecule has 5 nitrogen and oxygen atoms in total. The first-order valence-electron chi connectivity index (χ1n) is 8.74. The fraction of sp³-hybridized carbons (Fsp3) is 0.136. The quantitative estimate of drug-likeness (QED) is 0.637. The molecule has 6 heteroatoms. The van der Waals surface area contributed by atoms with E-state index in [1.165, 1.54) is 0 Å². The number of pyridine rings is 1. The third-order valence-corrected chi connectivity index (χ3v) is 4.32. The van der Waals surface area contributed by atoms with E-state index in [1.54, 1.807) is 37.3 Å². The first-order chi connectivity index (χ1) is 13.5. The van der Waals surface area contributed by atoms with Crippen LogP contribution in [-0.4, -0.2) is 23.5 Å². The molecule has 0 radical (unpaired) electrons. The molecule has 3 aromatic rings. The van der Waals surface area contributed by atoms with Gasteiger partial charge in [0.15, 0.2) is 6.61 Å². The fourth-order valence-electron chi connectivity index (χ4n) is 2.65. The van der Waals surface area contributed by atoms with Gasteiger partial charge in [-0.15, -0.1) is 0 Å². The number of carbonyl (C=O) groups excluding carboxylic acids is 2. The topological polar surface area (TPSA) is 68.3 Å². The van der Waals surface area contributed by atoms with Crippen molar-refractivity contribution >= 4 is 23.5 Å². The molecule has 0 saturated carbocycles. The summed E-state index contributed by atoms with van der Waals surface area (Å²) in [4.78, 5) is 28.7. The Hall–Kier alpha value is -3.18. The Bertz CT molecular complexity index is 990. The summed E-state index contributed by atoms with van der Waals surface area (Å²) in [6.45, 7) is 1.69. The summed E-state index contributed by atoms with van der Waals surface area (Å²) in [5.41, 5.74) is 3.48. The minimum absolute atomic E-state index is 0.309. The molecule has 1 amide bonds. The van der Waals surface area contributed by atoms with Crippen LogP contribution >= 0.6 is 11.6 Å². The van der Waals surface area contributed by atoms with Gasteiger partial charge in [-0.25, -0.2) is 4.79 Å². The highest BCUT2D eigenvalue weighted by Gasteiger charge is 2.14. The number of carbonyl (C=O) groups is 2. The third kappa shape index (κ3) is 5.18. The van der Waals surface area contributed by atoms with Crippen LogP contribution in [0.15, 0.2) is 66.7 Å². The lowest BCUT2D eigenvalue weighted by atomic mass is 10.1. The molecule has 0 saturated heterocycles. The highest BCUT2D eigenvalue weighted by molar-refractivity contribution is 6.30. The number of aromatic nitrogens is 1. The largest absolute Gasteiger partial charge is 0.452 e. The van der Waals surface area contributed by atoms with E-state index in [1.807, 2.05) is 36.4 Å². The zero-order valence-electron chi connectivity index (χ0n) is 15.3. The highest BCUT2D eigenvalue weighted by atomic mass is 35.5. The summed E-state index contributed by atoms with van der Waals surface area (Å²) in [5, 5.41) is 3.29. The Morgan fingerprint density at radius 1 is 1.04 bits per heavy atom. The van der Waals surface area contributed by atoms with Crippen molar-refractivity contribution < 1.29 is 14.3 Å². The molecule has 0 atom stereocenters. The molecule has 0 aliphatic rings. The first kappa shape index (κ1) is 19.6. The summed E-state index contributed by atoms with van der Waals surface area (Å²) in [6.07, 6.45) is 0. The molecule has 0 unspecified atom stereocenters. The second-order valence-corrected chi connectivity index (χ2v) is 6.61. The van der Waals surface area contributed by atoms with Gasteiger partial charge in [-0.05, 0) is 36.8 Å². The molecule has 3 rings (SSSR count). The zero-order valence-corrected chi connectivity index (χ0v) is 16.1. The van der Waals surface area contributed by atoms with E-state index in [9.17, 15) is 9.59 Å². The summed E-state index contributed by atoms with van der Waals surface area (Å²) in [7, 11) is 0. The molecule has 0 spiro atoms. The van der Waals surface area contributed by atoms with Crippen molar-refractivity contribution in [3.05, 3.63) is 88.6 Å². The Morgan fingerprint density at radius 3 is 2.54 bits per heavy atom. The number of hydrogen-bond acceptors (Lipinski definition) is 4. The summed E-state index contributed by atoms with van der Waals surface area (Å²) >= 11 is 5.91. The van der Waals surface area contributed by atoms with Crippen molar-refractivity contribution in [2.45, 2.75) is 13.5 Å². The van der Waals surface area contributed by atoms with Gasteiger partial charge in [0.1, 0.15) is 0 Å². The van der Waals surface area contributed by atoms with Crippen LogP contribution in [-0.2, 0) is 16.1 Å². The van der Waals surface area contributed by atoms with Crippen molar-refractivity contribution in [3.63, 3.8) is 0 Å². The second kappa shape index (κ2) is 9.15. The highest BCUT2D eigenvalue weighted by Crippen LogP contribution is 2.19. The molecule has 0 bridgehead atoms. The number of nitrogens with one attached hydrogen (secondary N) is 1. The molecule has 28 heavy (non-hydrogen) atoms. The van der Waals surface area contributed by atoms with Gasteiger partial charge in [-0.3, -0.25) is 9.78 Å². The minimum atomic E-state index is -0.581. The lowest BCUT2D eigenvalue weighted by Crippen LogP contribution is -2.28. The number of halogens is 1. The normalized spacial score (nSPS) is 10.4. The van der Waals surface area contributed by atoms with Crippen LogP contribution in [0.3, 0.4) is 0 Å². The zero-order chi connectivity index (χ0) is 19.9. The van der Waals surface area contributed by atoms with Crippen LogP contribution in [0.1, 0.15) is 21.6 Å². The summed E-state index contributed by atoms with van der Waals surface area (Å²) < 4.78 is 5.11. The maximum Gasteiger partial charge on any atom is 0.340 e. The second-order valence-electron chi connectivity index (χ2n) is 6.18. The van der Waals surface area contributed by atoms with Crippen LogP contribution in [0.25, 0.3) is 11.3 Å². The van der Waals surface area contributed by atoms with Crippen molar-refractivity contribution in [3.8, 4) is 11.3 Å². The van der Waals surface area contributed by atoms with Crippen molar-refractivity contribution in [2.24, 2.45) is 0 Å². The molecule has 1 heterocycles. The van der Waals surface area contributed by atoms with Crippen LogP contribution < -0.4 is 5.32 Å². The first-order valence-corrected chi connectivity index (χ1v) is 9.12. The number of amides is 1. The van der Waals surface area contributed by atoms with Gasteiger partial charge in [0.05, 0.1) is 17.0 Å². The lowest BCUT2D eigenvalue weighted by Gasteiger charge is -2.09. The average molecular weight is 395 g/mol. The van der Waals surface area contributed by atoms with Crippen molar-refractivity contribution in [1.82, 2.24) is 10.3 Å². The predicted octanol–water partition coefficient (Wildman–Crippen LogP) is 4.18. The summed E-state index contributed by atoms with van der Waals surface area (Å²) in [5.74, 6) is -0.970. The van der Waals surface area contributed by atoms with Crippen LogP contribution in [0, 0.1) is 6.92 Å². The summed E-state index contributed by atoms with van der Waals surface area (Å²) in [6, 6.07) is 20.3. The van der Waals surface area contributed by atoms with Gasteiger partial charge in [0, 0.05) is 17.1 Å². The molecular formula is C22H19ClN2O3. The molecule has 2 aromatic carbocycles. The molecule has 1 aromatic heterocycles. The standard InChI is InChI=1S/C22H19ClN2O3/c1-15-19(10-11-20(25-15)17-7-3-2-4-8-17)22(27)28-14-21(26)24-13-16-6-5-9-18(23)12-16/h2-12H,13-14H2,1H3,(H,24,26). The van der Waals surface area contributed by atoms with Gasteiger partial charge < -0.3 is 10.1 Å². The number of hydrogen-bond donors (Lipinski definition) is 1. The maximum atomic E-state index is 12.3. The Balaban J connectivity index is 1.55. The smallest absolute Gasteiger partial charge is 0.340 e. The van der Waals surface area contributed by atoms with Gasteiger partial charge >= 0.3 is 5.97 Å². The van der Waals surface area contributed by atoms with E-state index in [4.69, 9.17) is 16.3 Å². The van der Waals surface area contributed by atoms with E-state index in [0.717, 1.165) is 16.8 Å². The van der Waals surface area contributed by atoms with Gasteiger partial charge in [0.25, 0.3) is 5.91 Å². The van der Waals surface area contributed by atoms with E-state index in [0.29, 0.717) is 22.8 Å². The monoisotopic (exact) mass is 394 g/mol. The predicted molar refractivity (Wildman–Crippen MR) is 108 cm³/mol. The number of benzene rings is 2. The van der Waals surface area contributed by atoms with Crippen LogP contribution in [0.5, 0.6) is 0 Å². The number of rotatable bonds is 6. The average Bonchev–Trinajstić information content (AvgIpc) is 2.71. The molecule has 0 fully saturated rings. The van der Waals surface area contributed by atoms with Gasteiger partial charge in [0.2, 0.25) is 0 Å². The van der Waals surface area contributed by atoms with E-state index in [-0.39, 0.29) is 12.5 Å². The lowest BCUT2D eigenvalue weighted by molar-refractivity contribution is -0.124. The van der Waals surface area contributed by atoms with Crippen molar-refractivity contribution in [2.75, 3.05) is 6.61 Å². The Labute approximate surface area is 168 Å². The third-order valence-electron chi connectivity index (χ3n) is 4.09. The molecule has 142 valence electrons. The van der Waals surface area contributed by atoms with E-state index >= 15 is 0 Å². The van der Waals surface area contributed by atoms with Gasteiger partial charge in [-0.1, -0.05) is 54.1 Å². The Kier molecular flexibility index (Phi) is 6.40. The van der Waals surface area contributed by atoms with Gasteiger partial charge in [-0.2, -0.15) is 0 Å². The van der Waals surface area contributed by atoms with Crippen LogP contribution in [0.2, 0.25) is 5.02 Å². The molecule has 0 aliphatic heterocycles. The Morgan fingerprint density at radius 2 is 1.82 bits per heavy atom. The molecule has 1 N–H and O–H groups in total. The minimum Gasteiger partial charge on any atom is -0.452 e. The number of esters is 1. The number of nitrogens with zero attached hydrogens (tertiary/aromatic N) is 1. The van der Waals surface area contributed by atoms with E-state index in [2.05, 4.69) is 10.3 Å². The molecule has 0 aliphatic carbocycles. The SMILES string of the molecule is Cc1nc(-c2ccccc2)ccc1C(=O)OCC(=O)NCc1cccc(Cl)c1. The number of ether oxygens (including phenoxy) is 1. The fourth-order valence-corrected chi connectivity index (χ4v) is 2.87. The number of aryl methyl sites for hydroxylation is 1. The van der Waals surface area contributed by atoms with Crippen LogP contribution in [0.4, 0.5) is 0 Å². The molecular weight excluding hydrogens is 376 g/mol.